The summed E-state index contributed by atoms with van der Waals surface area (Å²) in [5, 5.41) is 4.14. The highest BCUT2D eigenvalue weighted by Crippen LogP contribution is 2.36. The van der Waals surface area contributed by atoms with E-state index in [-0.39, 0.29) is 0 Å². The largest absolute Gasteiger partial charge is 0.497 e. The first-order valence-electron chi connectivity index (χ1n) is 11.5. The summed E-state index contributed by atoms with van der Waals surface area (Å²) in [6.07, 6.45) is 4.23. The van der Waals surface area contributed by atoms with E-state index in [2.05, 4.69) is 91.0 Å². The van der Waals surface area contributed by atoms with Crippen LogP contribution in [-0.2, 0) is 25.7 Å². The predicted molar refractivity (Wildman–Crippen MR) is 140 cm³/mol. The fourth-order valence-electron chi connectivity index (χ4n) is 4.51. The minimum Gasteiger partial charge on any atom is -0.497 e. The molecule has 0 fully saturated rings. The van der Waals surface area contributed by atoms with E-state index in [9.17, 15) is 0 Å². The van der Waals surface area contributed by atoms with Gasteiger partial charge in [-0.2, -0.15) is 0 Å². The van der Waals surface area contributed by atoms with Gasteiger partial charge in [0.2, 0.25) is 0 Å². The van der Waals surface area contributed by atoms with Crippen molar-refractivity contribution in [2.24, 2.45) is 0 Å². The van der Waals surface area contributed by atoms with Crippen LogP contribution in [0.25, 0.3) is 0 Å². The molecule has 4 aliphatic rings. The van der Waals surface area contributed by atoms with Crippen LogP contribution < -0.4 is 25.4 Å². The standard InChI is InChI=1S/C30H29O2P/c1-31-26-13-17-28(18-14-26)33(29-19-15-27(32-2)16-20-29)30-21-24-8-7-22-3-5-23(6-4-22)9-11-25(30)12-10-24/h3-6,10,12-21H,7-9,11H2,1-2H3. The van der Waals surface area contributed by atoms with Crippen LogP contribution in [0.15, 0.2) is 91.0 Å². The van der Waals surface area contributed by atoms with E-state index in [0.717, 1.165) is 37.2 Å². The van der Waals surface area contributed by atoms with Crippen molar-refractivity contribution >= 4 is 23.8 Å². The van der Waals surface area contributed by atoms with E-state index in [4.69, 9.17) is 9.47 Å². The van der Waals surface area contributed by atoms with E-state index >= 15 is 0 Å². The molecule has 0 saturated carbocycles. The maximum Gasteiger partial charge on any atom is 0.118 e. The van der Waals surface area contributed by atoms with Crippen LogP contribution in [0.5, 0.6) is 11.5 Å². The Labute approximate surface area is 198 Å². The molecule has 0 amide bonds. The third-order valence-electron chi connectivity index (χ3n) is 6.46. The van der Waals surface area contributed by atoms with Crippen molar-refractivity contribution in [2.75, 3.05) is 14.2 Å². The Kier molecular flexibility index (Phi) is 6.46. The van der Waals surface area contributed by atoms with Gasteiger partial charge in [-0.05, 0) is 96.0 Å². The molecule has 8 rings (SSSR count). The average Bonchev–Trinajstić information content (AvgIpc) is 2.87. The molecular formula is C30H29O2P. The molecule has 33 heavy (non-hydrogen) atoms. The molecule has 0 heterocycles. The molecule has 0 N–H and O–H groups in total. The van der Waals surface area contributed by atoms with E-state index in [0.29, 0.717) is 0 Å². The van der Waals surface area contributed by atoms with Gasteiger partial charge in [-0.15, -0.1) is 0 Å². The Bertz CT molecular complexity index is 1160. The summed E-state index contributed by atoms with van der Waals surface area (Å²) in [6.45, 7) is 0. The Morgan fingerprint density at radius 1 is 0.515 bits per heavy atom. The normalized spacial score (nSPS) is 12.9. The topological polar surface area (TPSA) is 18.5 Å². The van der Waals surface area contributed by atoms with Gasteiger partial charge < -0.3 is 9.47 Å². The van der Waals surface area contributed by atoms with Crippen LogP contribution in [0.2, 0.25) is 0 Å². The number of methoxy groups -OCH3 is 2. The van der Waals surface area contributed by atoms with Gasteiger partial charge in [-0.1, -0.05) is 66.7 Å². The monoisotopic (exact) mass is 452 g/mol. The number of benzene rings is 4. The third-order valence-corrected chi connectivity index (χ3v) is 8.99. The molecule has 0 atom stereocenters. The summed E-state index contributed by atoms with van der Waals surface area (Å²) >= 11 is 0. The third kappa shape index (κ3) is 4.82. The maximum absolute atomic E-state index is 5.44. The summed E-state index contributed by atoms with van der Waals surface area (Å²) in [5.41, 5.74) is 5.68. The van der Waals surface area contributed by atoms with Gasteiger partial charge >= 0.3 is 0 Å². The maximum atomic E-state index is 5.44. The second-order valence-corrected chi connectivity index (χ2v) is 10.7. The summed E-state index contributed by atoms with van der Waals surface area (Å²) in [6, 6.07) is 33.6. The van der Waals surface area contributed by atoms with Gasteiger partial charge in [0.05, 0.1) is 14.2 Å². The quantitative estimate of drug-likeness (QED) is 0.380. The highest BCUT2D eigenvalue weighted by molar-refractivity contribution is 7.79. The fraction of sp³-hybridized carbons (Fsp3) is 0.200. The fourth-order valence-corrected chi connectivity index (χ4v) is 7.03. The van der Waals surface area contributed by atoms with Crippen molar-refractivity contribution in [3.8, 4) is 11.5 Å². The number of hydrogen-bond donors (Lipinski definition) is 0. The Balaban J connectivity index is 1.63. The molecule has 0 spiro atoms. The van der Waals surface area contributed by atoms with E-state index < -0.39 is 7.92 Å². The molecular weight excluding hydrogens is 423 g/mol. The van der Waals surface area contributed by atoms with Crippen molar-refractivity contribution in [3.05, 3.63) is 113 Å². The van der Waals surface area contributed by atoms with Crippen molar-refractivity contribution in [1.82, 2.24) is 0 Å². The zero-order chi connectivity index (χ0) is 22.6. The minimum atomic E-state index is -0.702. The van der Waals surface area contributed by atoms with Gasteiger partial charge in [-0.25, -0.2) is 0 Å². The summed E-state index contributed by atoms with van der Waals surface area (Å²) in [4.78, 5) is 0. The lowest BCUT2D eigenvalue weighted by molar-refractivity contribution is 0.415. The van der Waals surface area contributed by atoms with Crippen LogP contribution in [0.1, 0.15) is 22.3 Å². The molecule has 0 radical (unpaired) electrons. The van der Waals surface area contributed by atoms with Crippen molar-refractivity contribution in [2.45, 2.75) is 25.7 Å². The smallest absolute Gasteiger partial charge is 0.118 e. The Hall–Kier alpha value is -3.09. The Morgan fingerprint density at radius 3 is 1.48 bits per heavy atom. The molecule has 3 heteroatoms. The number of aryl methyl sites for hydroxylation is 4. The zero-order valence-corrected chi connectivity index (χ0v) is 20.1. The molecule has 4 aliphatic carbocycles. The minimum absolute atomic E-state index is 0.702. The average molecular weight is 453 g/mol. The van der Waals surface area contributed by atoms with E-state index in [1.54, 1.807) is 14.2 Å². The summed E-state index contributed by atoms with van der Waals surface area (Å²) < 4.78 is 10.9. The first-order chi connectivity index (χ1) is 16.2. The van der Waals surface area contributed by atoms with Crippen molar-refractivity contribution < 1.29 is 9.47 Å². The first-order valence-corrected chi connectivity index (χ1v) is 12.9. The number of rotatable bonds is 5. The molecule has 4 bridgehead atoms. The van der Waals surface area contributed by atoms with Gasteiger partial charge in [0.15, 0.2) is 0 Å². The molecule has 0 unspecified atom stereocenters. The Morgan fingerprint density at radius 2 is 0.970 bits per heavy atom. The van der Waals surface area contributed by atoms with Crippen LogP contribution in [0, 0.1) is 0 Å². The van der Waals surface area contributed by atoms with E-state index in [1.165, 1.54) is 38.2 Å². The molecule has 4 aromatic rings. The second kappa shape index (κ2) is 9.81. The van der Waals surface area contributed by atoms with Gasteiger partial charge in [0, 0.05) is 0 Å². The van der Waals surface area contributed by atoms with Crippen LogP contribution in [0.4, 0.5) is 0 Å². The number of ether oxygens (including phenoxy) is 2. The highest BCUT2D eigenvalue weighted by atomic mass is 31.1. The van der Waals surface area contributed by atoms with Crippen LogP contribution in [0.3, 0.4) is 0 Å². The summed E-state index contributed by atoms with van der Waals surface area (Å²) in [7, 11) is 2.74. The summed E-state index contributed by atoms with van der Waals surface area (Å²) in [5.74, 6) is 1.78. The molecule has 166 valence electrons. The lowest BCUT2D eigenvalue weighted by atomic mass is 9.97. The molecule has 2 nitrogen and oxygen atoms in total. The van der Waals surface area contributed by atoms with Gasteiger partial charge in [0.25, 0.3) is 0 Å². The highest BCUT2D eigenvalue weighted by Gasteiger charge is 2.21. The molecule has 4 aromatic carbocycles. The van der Waals surface area contributed by atoms with Crippen molar-refractivity contribution in [1.29, 1.82) is 0 Å². The first kappa shape index (κ1) is 21.7. The van der Waals surface area contributed by atoms with Gasteiger partial charge in [0.1, 0.15) is 11.5 Å². The van der Waals surface area contributed by atoms with E-state index in [1.807, 2.05) is 0 Å². The van der Waals surface area contributed by atoms with Gasteiger partial charge in [-0.3, -0.25) is 0 Å². The SMILES string of the molecule is COc1ccc(P(c2ccc(OC)cc2)c2cc3ccc2CCc2ccc(cc2)CC3)cc1. The van der Waals surface area contributed by atoms with Crippen molar-refractivity contribution in [3.63, 3.8) is 0 Å². The lowest BCUT2D eigenvalue weighted by Crippen LogP contribution is -2.24. The second-order valence-electron chi connectivity index (χ2n) is 8.51. The zero-order valence-electron chi connectivity index (χ0n) is 19.3. The van der Waals surface area contributed by atoms with Crippen LogP contribution in [-0.4, -0.2) is 14.2 Å². The molecule has 0 saturated heterocycles. The number of hydrogen-bond acceptors (Lipinski definition) is 2. The molecule has 0 aliphatic heterocycles. The predicted octanol–water partition coefficient (Wildman–Crippen LogP) is 5.35. The molecule has 0 aromatic heterocycles. The lowest BCUT2D eigenvalue weighted by Gasteiger charge is -2.24. The van der Waals surface area contributed by atoms with Crippen LogP contribution >= 0.6 is 7.92 Å².